The molecule has 5 atom stereocenters. The van der Waals surface area contributed by atoms with Crippen molar-refractivity contribution in [1.29, 1.82) is 0 Å². The van der Waals surface area contributed by atoms with Crippen LogP contribution in [0.5, 0.6) is 0 Å². The summed E-state index contributed by atoms with van der Waals surface area (Å²) < 4.78 is 52.7. The average molecular weight is 437 g/mol. The zero-order valence-electron chi connectivity index (χ0n) is 17.3. The molecular formula is C22H28O7S. The van der Waals surface area contributed by atoms with E-state index in [0.29, 0.717) is 6.61 Å². The molecule has 0 bridgehead atoms. The molecule has 0 spiro atoms. The van der Waals surface area contributed by atoms with Crippen molar-refractivity contribution in [3.63, 3.8) is 0 Å². The number of benzene rings is 2. The fraction of sp³-hybridized carbons (Fsp3) is 0.455. The molecular weight excluding hydrogens is 408 g/mol. The van der Waals surface area contributed by atoms with Gasteiger partial charge in [0.05, 0.1) is 25.6 Å². The molecule has 0 aromatic heterocycles. The minimum atomic E-state index is -3.79. The molecule has 8 heteroatoms. The van der Waals surface area contributed by atoms with Gasteiger partial charge in [-0.2, -0.15) is 8.42 Å². The monoisotopic (exact) mass is 436 g/mol. The van der Waals surface area contributed by atoms with Crippen LogP contribution in [-0.2, 0) is 46.5 Å². The first kappa shape index (κ1) is 22.9. The lowest BCUT2D eigenvalue weighted by molar-refractivity contribution is -0.297. The molecule has 2 aromatic carbocycles. The third kappa shape index (κ3) is 6.34. The van der Waals surface area contributed by atoms with Crippen molar-refractivity contribution < 1.29 is 31.5 Å². The Labute approximate surface area is 178 Å². The summed E-state index contributed by atoms with van der Waals surface area (Å²) in [5.74, 6) is 0. The lowest BCUT2D eigenvalue weighted by atomic mass is 9.99. The van der Waals surface area contributed by atoms with Gasteiger partial charge in [0.2, 0.25) is 0 Å². The molecule has 0 saturated carbocycles. The van der Waals surface area contributed by atoms with Crippen LogP contribution in [0.1, 0.15) is 18.1 Å². The molecule has 7 nitrogen and oxygen atoms in total. The second-order valence-corrected chi connectivity index (χ2v) is 8.83. The maximum atomic E-state index is 11.9. The maximum absolute atomic E-state index is 11.9. The second kappa shape index (κ2) is 10.5. The first-order chi connectivity index (χ1) is 14.4. The van der Waals surface area contributed by atoms with Crippen LogP contribution in [0.15, 0.2) is 60.7 Å². The van der Waals surface area contributed by atoms with Gasteiger partial charge >= 0.3 is 0 Å². The quantitative estimate of drug-likeness (QED) is 0.559. The Bertz CT molecular complexity index is 873. The summed E-state index contributed by atoms with van der Waals surface area (Å²) in [4.78, 5) is 0. The molecule has 0 amide bonds. The van der Waals surface area contributed by atoms with Crippen LogP contribution in [0.25, 0.3) is 0 Å². The van der Waals surface area contributed by atoms with Crippen LogP contribution >= 0.6 is 0 Å². The fourth-order valence-corrected chi connectivity index (χ4v) is 4.02. The molecule has 30 heavy (non-hydrogen) atoms. The predicted molar refractivity (Wildman–Crippen MR) is 111 cm³/mol. The number of methoxy groups -OCH3 is 1. The van der Waals surface area contributed by atoms with E-state index in [1.807, 2.05) is 67.6 Å². The van der Waals surface area contributed by atoms with Gasteiger partial charge in [0.25, 0.3) is 10.1 Å². The second-order valence-electron chi connectivity index (χ2n) is 7.23. The van der Waals surface area contributed by atoms with E-state index in [4.69, 9.17) is 23.1 Å². The number of hydrogen-bond acceptors (Lipinski definition) is 7. The maximum Gasteiger partial charge on any atom is 0.264 e. The van der Waals surface area contributed by atoms with E-state index in [-0.39, 0.29) is 6.61 Å². The molecule has 1 aliphatic rings. The van der Waals surface area contributed by atoms with Gasteiger partial charge in [0, 0.05) is 7.11 Å². The largest absolute Gasteiger partial charge is 0.368 e. The van der Waals surface area contributed by atoms with E-state index in [0.717, 1.165) is 17.4 Å². The smallest absolute Gasteiger partial charge is 0.264 e. The number of ether oxygens (including phenoxy) is 4. The van der Waals surface area contributed by atoms with Crippen LogP contribution in [0.4, 0.5) is 0 Å². The van der Waals surface area contributed by atoms with Gasteiger partial charge in [0.15, 0.2) is 12.4 Å². The van der Waals surface area contributed by atoms with E-state index in [2.05, 4.69) is 0 Å². The first-order valence-electron chi connectivity index (χ1n) is 9.75. The standard InChI is InChI=1S/C22H28O7S/c1-16-19(26-14-17-10-6-4-7-11-17)20(27-15-18-12-8-5-9-13-18)21(22(25-2)28-16)29-30(3,23)24/h4-13,16,19-22H,14-15H2,1-3H3/t16-,19-,20+,21+,22-/m0/s1. The summed E-state index contributed by atoms with van der Waals surface area (Å²) in [7, 11) is -2.35. The van der Waals surface area contributed by atoms with Crippen molar-refractivity contribution in [2.24, 2.45) is 0 Å². The van der Waals surface area contributed by atoms with Crippen molar-refractivity contribution in [3.8, 4) is 0 Å². The van der Waals surface area contributed by atoms with Gasteiger partial charge in [-0.1, -0.05) is 60.7 Å². The summed E-state index contributed by atoms with van der Waals surface area (Å²) in [5, 5.41) is 0. The molecule has 0 aliphatic carbocycles. The van der Waals surface area contributed by atoms with Gasteiger partial charge in [-0.25, -0.2) is 0 Å². The van der Waals surface area contributed by atoms with Crippen LogP contribution in [0.2, 0.25) is 0 Å². The SMILES string of the molecule is CO[C@H]1O[C@@H](C)[C@H](OCc2ccccc2)[C@@H](OCc2ccccc2)[C@H]1OS(C)(=O)=O. The lowest BCUT2D eigenvalue weighted by Gasteiger charge is -2.44. The Kier molecular flexibility index (Phi) is 7.99. The Morgan fingerprint density at radius 2 is 1.33 bits per heavy atom. The number of rotatable bonds is 9. The molecule has 0 radical (unpaired) electrons. The highest BCUT2D eigenvalue weighted by Gasteiger charge is 2.48. The molecule has 0 N–H and O–H groups in total. The van der Waals surface area contributed by atoms with Gasteiger partial charge in [0.1, 0.15) is 12.2 Å². The fourth-order valence-electron chi connectivity index (χ4n) is 3.42. The minimum absolute atomic E-state index is 0.267. The Balaban J connectivity index is 1.83. The summed E-state index contributed by atoms with van der Waals surface area (Å²) >= 11 is 0. The minimum Gasteiger partial charge on any atom is -0.368 e. The average Bonchev–Trinajstić information content (AvgIpc) is 2.73. The summed E-state index contributed by atoms with van der Waals surface area (Å²) in [6, 6.07) is 19.3. The molecule has 3 rings (SSSR count). The van der Waals surface area contributed by atoms with Crippen LogP contribution in [0, 0.1) is 0 Å². The molecule has 1 heterocycles. The van der Waals surface area contributed by atoms with E-state index < -0.39 is 40.8 Å². The Morgan fingerprint density at radius 3 is 1.80 bits per heavy atom. The molecule has 164 valence electrons. The first-order valence-corrected chi connectivity index (χ1v) is 11.6. The van der Waals surface area contributed by atoms with Gasteiger partial charge < -0.3 is 18.9 Å². The topological polar surface area (TPSA) is 80.3 Å². The van der Waals surface area contributed by atoms with Crippen molar-refractivity contribution >= 4 is 10.1 Å². The predicted octanol–water partition coefficient (Wildman–Crippen LogP) is 2.89. The van der Waals surface area contributed by atoms with E-state index in [9.17, 15) is 8.42 Å². The Hall–Kier alpha value is -1.81. The molecule has 1 saturated heterocycles. The summed E-state index contributed by atoms with van der Waals surface area (Å²) in [6.07, 6.45) is -2.62. The van der Waals surface area contributed by atoms with Crippen molar-refractivity contribution in [2.75, 3.05) is 13.4 Å². The normalized spacial score (nSPS) is 27.1. The Morgan fingerprint density at radius 1 is 0.833 bits per heavy atom. The van der Waals surface area contributed by atoms with Crippen molar-refractivity contribution in [2.45, 2.75) is 50.8 Å². The summed E-state index contributed by atoms with van der Waals surface area (Å²) in [6.45, 7) is 2.44. The van der Waals surface area contributed by atoms with Crippen molar-refractivity contribution in [3.05, 3.63) is 71.8 Å². The highest BCUT2D eigenvalue weighted by Crippen LogP contribution is 2.30. The summed E-state index contributed by atoms with van der Waals surface area (Å²) in [5.41, 5.74) is 1.94. The van der Waals surface area contributed by atoms with Gasteiger partial charge in [-0.05, 0) is 18.1 Å². The molecule has 1 aliphatic heterocycles. The molecule has 1 fully saturated rings. The zero-order chi connectivity index (χ0) is 21.6. The highest BCUT2D eigenvalue weighted by atomic mass is 32.2. The molecule has 0 unspecified atom stereocenters. The van der Waals surface area contributed by atoms with E-state index >= 15 is 0 Å². The van der Waals surface area contributed by atoms with Crippen molar-refractivity contribution in [1.82, 2.24) is 0 Å². The third-order valence-electron chi connectivity index (χ3n) is 4.82. The molecule has 2 aromatic rings. The van der Waals surface area contributed by atoms with Gasteiger partial charge in [-0.3, -0.25) is 4.18 Å². The van der Waals surface area contributed by atoms with E-state index in [1.165, 1.54) is 7.11 Å². The van der Waals surface area contributed by atoms with Crippen LogP contribution in [-0.4, -0.2) is 52.5 Å². The lowest BCUT2D eigenvalue weighted by Crippen LogP contribution is -2.60. The van der Waals surface area contributed by atoms with E-state index in [1.54, 1.807) is 0 Å². The highest BCUT2D eigenvalue weighted by molar-refractivity contribution is 7.86. The van der Waals surface area contributed by atoms with Crippen LogP contribution < -0.4 is 0 Å². The third-order valence-corrected chi connectivity index (χ3v) is 5.39. The van der Waals surface area contributed by atoms with Gasteiger partial charge in [-0.15, -0.1) is 0 Å². The zero-order valence-corrected chi connectivity index (χ0v) is 18.2. The number of hydrogen-bond donors (Lipinski definition) is 0. The van der Waals surface area contributed by atoms with Crippen LogP contribution in [0.3, 0.4) is 0 Å².